The molecule has 0 aliphatic carbocycles. The van der Waals surface area contributed by atoms with Gasteiger partial charge in [-0.25, -0.2) is 5.53 Å². The summed E-state index contributed by atoms with van der Waals surface area (Å²) >= 11 is 0. The summed E-state index contributed by atoms with van der Waals surface area (Å²) in [5.74, 6) is -6.26. The number of carbonyl (C=O) groups excluding carboxylic acids is 9. The molecular formula is C53H98N14O17. The van der Waals surface area contributed by atoms with Crippen LogP contribution in [0, 0.1) is 0 Å². The third-order valence-corrected chi connectivity index (χ3v) is 13.6. The van der Waals surface area contributed by atoms with E-state index in [0.29, 0.717) is 25.8 Å². The molecule has 31 nitrogen and oxygen atoms in total. The Balaban J connectivity index is 1.74. The Morgan fingerprint density at radius 2 is 1.19 bits per heavy atom. The highest BCUT2D eigenvalue weighted by molar-refractivity contribution is 5.97. The molecule has 2 aliphatic heterocycles. The van der Waals surface area contributed by atoms with Crippen LogP contribution in [0.5, 0.6) is 0 Å². The van der Waals surface area contributed by atoms with Gasteiger partial charge in [-0.1, -0.05) is 90.4 Å². The van der Waals surface area contributed by atoms with E-state index in [0.717, 1.165) is 37.9 Å². The van der Waals surface area contributed by atoms with Gasteiger partial charge in [-0.3, -0.25) is 53.5 Å². The number of morpholine rings is 1. The van der Waals surface area contributed by atoms with Crippen molar-refractivity contribution in [3.63, 3.8) is 0 Å². The molecule has 1 saturated heterocycles. The molecule has 2 rings (SSSR count). The highest BCUT2D eigenvalue weighted by Gasteiger charge is 2.34. The van der Waals surface area contributed by atoms with E-state index in [1.54, 1.807) is 0 Å². The molecule has 7 atom stereocenters. The zero-order valence-electron chi connectivity index (χ0n) is 49.1. The molecule has 84 heavy (non-hydrogen) atoms. The predicted octanol–water partition coefficient (Wildman–Crippen LogP) is -4.25. The summed E-state index contributed by atoms with van der Waals surface area (Å²) in [6, 6.07) is -7.56. The van der Waals surface area contributed by atoms with Gasteiger partial charge in [0.05, 0.1) is 45.7 Å². The Labute approximate surface area is 491 Å². The van der Waals surface area contributed by atoms with Crippen molar-refractivity contribution in [2.45, 2.75) is 197 Å². The van der Waals surface area contributed by atoms with Gasteiger partial charge in [0.2, 0.25) is 53.2 Å². The van der Waals surface area contributed by atoms with Gasteiger partial charge >= 0.3 is 0 Å². The molecule has 2 heterocycles. The second kappa shape index (κ2) is 45.5. The lowest BCUT2D eigenvalue weighted by molar-refractivity contribution is -0.195. The van der Waals surface area contributed by atoms with Gasteiger partial charge in [0.15, 0.2) is 12.6 Å². The van der Waals surface area contributed by atoms with Gasteiger partial charge in [0.1, 0.15) is 42.7 Å². The second-order valence-electron chi connectivity index (χ2n) is 20.8. The SMILES string of the molecule is CCCC[C@H](NC(=O)[C@H](CCC1CN(CC(O)O)CC(O)O1)NC(=O)[C@H](CO)NC(=O)[C@H](CCC(N)=O)NC(=O)[C@H](CO)NC(=O)CNC(=O)COCCOCCNC(=O)CCCCCCCCCCCCCCCC1=NNNN1)C(=O)NC. The summed E-state index contributed by atoms with van der Waals surface area (Å²) in [7, 11) is 1.38. The first kappa shape index (κ1) is 74.2. The van der Waals surface area contributed by atoms with E-state index >= 15 is 0 Å². The number of ether oxygens (including phenoxy) is 3. The lowest BCUT2D eigenvalue weighted by atomic mass is 10.0. The lowest BCUT2D eigenvalue weighted by Crippen LogP contribution is -2.60. The summed E-state index contributed by atoms with van der Waals surface area (Å²) in [5.41, 5.74) is 13.7. The number of amidine groups is 1. The fraction of sp³-hybridized carbons (Fsp3) is 0.811. The highest BCUT2D eigenvalue weighted by Crippen LogP contribution is 2.17. The maximum atomic E-state index is 13.8. The van der Waals surface area contributed by atoms with E-state index in [1.165, 1.54) is 69.7 Å². The zero-order valence-corrected chi connectivity index (χ0v) is 49.1. The standard InChI is InChI=1S/C53H98N14O17/c1-3-4-18-37(49(77)55-2)59-50(78)38(22-21-36-30-67(31-47(74)75)32-48(76)84-36)60-53(81)41(34-69)62-51(79)39(23-24-42(54)70)61-52(80)40(33-68)58-45(72)29-57-46(73)35-83-28-27-82-26-25-56-44(71)20-17-15-13-11-9-7-5-6-8-10-12-14-16-19-43-63-65-66-64-43/h36-41,47-48,65-66,68-69,74-76H,3-35H2,1-2H3,(H2,54,70)(H,55,77)(H,56,71)(H,57,73)(H,58,72)(H,59,78)(H,60,81)(H,61,80)(H,62,79)(H,63,64)/t36?,37-,38-,39-,40-,41-,48?/m0/s1. The Bertz CT molecular complexity index is 1990. The van der Waals surface area contributed by atoms with E-state index in [2.05, 4.69) is 64.1 Å². The van der Waals surface area contributed by atoms with Crippen molar-refractivity contribution in [1.29, 1.82) is 0 Å². The molecule has 0 aromatic carbocycles. The predicted molar refractivity (Wildman–Crippen MR) is 304 cm³/mol. The van der Waals surface area contributed by atoms with Crippen molar-refractivity contribution < 1.29 is 82.9 Å². The fourth-order valence-electron chi connectivity index (χ4n) is 9.01. The van der Waals surface area contributed by atoms with Crippen LogP contribution in [0.15, 0.2) is 5.10 Å². The van der Waals surface area contributed by atoms with Gasteiger partial charge < -0.3 is 88.0 Å². The minimum atomic E-state index is -1.78. The Hall–Kier alpha value is -5.90. The van der Waals surface area contributed by atoms with Crippen LogP contribution in [0.2, 0.25) is 0 Å². The number of carbonyl (C=O) groups is 9. The highest BCUT2D eigenvalue weighted by atomic mass is 16.6. The third kappa shape index (κ3) is 34.8. The summed E-state index contributed by atoms with van der Waals surface area (Å²) in [6.45, 7) is -0.694. The first-order chi connectivity index (χ1) is 40.4. The maximum absolute atomic E-state index is 13.8. The molecule has 31 heteroatoms. The number of unbranched alkanes of at least 4 members (excludes halogenated alkanes) is 13. The van der Waals surface area contributed by atoms with Crippen LogP contribution in [0.1, 0.15) is 148 Å². The number of nitrogens with two attached hydrogens (primary N) is 1. The molecule has 482 valence electrons. The van der Waals surface area contributed by atoms with Crippen LogP contribution in [0.3, 0.4) is 0 Å². The van der Waals surface area contributed by atoms with E-state index in [4.69, 9.17) is 19.9 Å². The van der Waals surface area contributed by atoms with E-state index < -0.39 is 135 Å². The minimum Gasteiger partial charge on any atom is -0.394 e. The minimum absolute atomic E-state index is 0.00560. The number of hydrazone groups is 1. The van der Waals surface area contributed by atoms with Gasteiger partial charge in [-0.05, 0) is 38.5 Å². The second-order valence-corrected chi connectivity index (χ2v) is 20.8. The number of amides is 9. The Kier molecular flexibility index (Phi) is 40.2. The van der Waals surface area contributed by atoms with Crippen molar-refractivity contribution >= 4 is 59.0 Å². The van der Waals surface area contributed by atoms with Gasteiger partial charge in [-0.2, -0.15) is 0 Å². The average molecular weight is 1200 g/mol. The molecule has 0 bridgehead atoms. The topological polar surface area (TPSA) is 456 Å². The quantitative estimate of drug-likeness (QED) is 0.0203. The summed E-state index contributed by atoms with van der Waals surface area (Å²) in [6.07, 6.45) is 13.4. The lowest BCUT2D eigenvalue weighted by Gasteiger charge is -2.36. The molecule has 0 spiro atoms. The van der Waals surface area contributed by atoms with Crippen LogP contribution < -0.4 is 64.8 Å². The summed E-state index contributed by atoms with van der Waals surface area (Å²) in [5, 5.41) is 73.0. The van der Waals surface area contributed by atoms with E-state index in [9.17, 15) is 68.7 Å². The maximum Gasteiger partial charge on any atom is 0.246 e. The number of aliphatic hydroxyl groups excluding tert-OH is 4. The molecule has 0 aromatic heterocycles. The molecule has 0 radical (unpaired) electrons. The number of β-amino-alcohol motifs (C(OH)–C–C–N with tert-alkyl or cyclic N) is 3. The van der Waals surface area contributed by atoms with Crippen molar-refractivity contribution in [1.82, 2.24) is 63.9 Å². The third-order valence-electron chi connectivity index (χ3n) is 13.6. The van der Waals surface area contributed by atoms with Crippen molar-refractivity contribution in [2.75, 3.05) is 79.4 Å². The number of primary amides is 1. The first-order valence-corrected chi connectivity index (χ1v) is 29.5. The normalized spacial score (nSPS) is 16.8. The number of nitrogens with one attached hydrogen (secondary N) is 11. The molecule has 2 aliphatic rings. The van der Waals surface area contributed by atoms with E-state index in [-0.39, 0.29) is 64.6 Å². The first-order valence-electron chi connectivity index (χ1n) is 29.5. The van der Waals surface area contributed by atoms with Crippen molar-refractivity contribution in [2.24, 2.45) is 10.8 Å². The number of likely N-dealkylation sites (N-methyl/N-ethyl adjacent to an activating group) is 1. The zero-order chi connectivity index (χ0) is 61.9. The average Bonchev–Trinajstić information content (AvgIpc) is 4.13. The molecular weight excluding hydrogens is 1100 g/mol. The summed E-state index contributed by atoms with van der Waals surface area (Å²) < 4.78 is 16.3. The Morgan fingerprint density at radius 3 is 1.75 bits per heavy atom. The largest absolute Gasteiger partial charge is 0.394 e. The number of hydrogen-bond acceptors (Lipinski definition) is 22. The van der Waals surface area contributed by atoms with Gasteiger partial charge in [0, 0.05) is 52.5 Å². The summed E-state index contributed by atoms with van der Waals surface area (Å²) in [4.78, 5) is 118. The van der Waals surface area contributed by atoms with E-state index in [1.807, 2.05) is 6.92 Å². The van der Waals surface area contributed by atoms with Crippen molar-refractivity contribution in [3.8, 4) is 0 Å². The fourth-order valence-corrected chi connectivity index (χ4v) is 9.01. The van der Waals surface area contributed by atoms with Gasteiger partial charge in [0.25, 0.3) is 0 Å². The number of hydrogen-bond donors (Lipinski definition) is 17. The van der Waals surface area contributed by atoms with Crippen LogP contribution in [0.25, 0.3) is 0 Å². The monoisotopic (exact) mass is 1200 g/mol. The Morgan fingerprint density at radius 1 is 0.643 bits per heavy atom. The molecule has 9 amide bonds. The van der Waals surface area contributed by atoms with Crippen molar-refractivity contribution in [3.05, 3.63) is 0 Å². The molecule has 0 saturated carbocycles. The van der Waals surface area contributed by atoms with Crippen LogP contribution in [-0.4, -0.2) is 218 Å². The van der Waals surface area contributed by atoms with Crippen LogP contribution in [0.4, 0.5) is 0 Å². The van der Waals surface area contributed by atoms with Crippen LogP contribution in [-0.2, 0) is 57.4 Å². The molecule has 0 aromatic rings. The molecule has 18 N–H and O–H groups in total. The smallest absolute Gasteiger partial charge is 0.246 e. The molecule has 2 unspecified atom stereocenters. The van der Waals surface area contributed by atoms with Crippen LogP contribution >= 0.6 is 0 Å². The van der Waals surface area contributed by atoms with Gasteiger partial charge in [-0.15, -0.1) is 10.6 Å². The number of aliphatic hydroxyl groups is 5. The number of rotatable bonds is 49. The number of nitrogens with zero attached hydrogens (tertiary/aromatic N) is 2. The number of hydrazine groups is 2. The molecule has 1 fully saturated rings.